The lowest BCUT2D eigenvalue weighted by Gasteiger charge is -2.04. The minimum atomic E-state index is -0.274. The van der Waals surface area contributed by atoms with E-state index in [1.54, 1.807) is 12.1 Å². The molecule has 0 aliphatic rings. The van der Waals surface area contributed by atoms with Crippen molar-refractivity contribution in [3.05, 3.63) is 29.8 Å². The van der Waals surface area contributed by atoms with Gasteiger partial charge in [-0.25, -0.2) is 0 Å². The molecule has 1 aromatic rings. The molecule has 3 heteroatoms. The number of carbonyl (C=O) groups excluding carboxylic acids is 1. The lowest BCUT2D eigenvalue weighted by molar-refractivity contribution is -0.139. The lowest BCUT2D eigenvalue weighted by atomic mass is 10.1. The van der Waals surface area contributed by atoms with Crippen molar-refractivity contribution in [1.82, 2.24) is 0 Å². The molecule has 0 bridgehead atoms. The van der Waals surface area contributed by atoms with Gasteiger partial charge in [-0.1, -0.05) is 18.1 Å². The zero-order valence-corrected chi connectivity index (χ0v) is 8.53. The van der Waals surface area contributed by atoms with Crippen molar-refractivity contribution in [2.24, 2.45) is 0 Å². The summed E-state index contributed by atoms with van der Waals surface area (Å²) in [6.45, 7) is 0.224. The zero-order valence-electron chi connectivity index (χ0n) is 8.53. The molecule has 0 aromatic heterocycles. The highest BCUT2D eigenvalue weighted by Gasteiger charge is 2.03. The van der Waals surface area contributed by atoms with Crippen LogP contribution >= 0.6 is 0 Å². The predicted octanol–water partition coefficient (Wildman–Crippen LogP) is 1.41. The molecule has 0 amide bonds. The summed E-state index contributed by atoms with van der Waals surface area (Å²) in [4.78, 5) is 11.0. The molecule has 78 valence electrons. The summed E-state index contributed by atoms with van der Waals surface area (Å²) >= 11 is 0. The molecular formula is C12H12O3. The van der Waals surface area contributed by atoms with Crippen LogP contribution in [0, 0.1) is 12.3 Å². The molecular weight excluding hydrogens is 192 g/mol. The van der Waals surface area contributed by atoms with Gasteiger partial charge in [0.15, 0.2) is 0 Å². The molecule has 0 heterocycles. The zero-order chi connectivity index (χ0) is 11.1. The van der Waals surface area contributed by atoms with E-state index in [-0.39, 0.29) is 19.0 Å². The third-order valence-corrected chi connectivity index (χ3v) is 1.80. The maximum absolute atomic E-state index is 11.0. The molecule has 1 rings (SSSR count). The fourth-order valence-corrected chi connectivity index (χ4v) is 1.11. The van der Waals surface area contributed by atoms with E-state index in [1.165, 1.54) is 7.11 Å². The van der Waals surface area contributed by atoms with E-state index in [0.717, 1.165) is 5.56 Å². The Kier molecular flexibility index (Phi) is 4.24. The Hall–Kier alpha value is -1.95. The van der Waals surface area contributed by atoms with Gasteiger partial charge < -0.3 is 9.47 Å². The monoisotopic (exact) mass is 204 g/mol. The van der Waals surface area contributed by atoms with Gasteiger partial charge in [0.1, 0.15) is 12.4 Å². The van der Waals surface area contributed by atoms with Crippen LogP contribution in [-0.2, 0) is 16.0 Å². The summed E-state index contributed by atoms with van der Waals surface area (Å²) in [6, 6.07) is 7.20. The van der Waals surface area contributed by atoms with E-state index in [2.05, 4.69) is 10.7 Å². The van der Waals surface area contributed by atoms with Crippen LogP contribution in [0.5, 0.6) is 5.75 Å². The van der Waals surface area contributed by atoms with Gasteiger partial charge in [0, 0.05) is 0 Å². The molecule has 0 aliphatic carbocycles. The van der Waals surface area contributed by atoms with Crippen molar-refractivity contribution in [3.63, 3.8) is 0 Å². The lowest BCUT2D eigenvalue weighted by Crippen LogP contribution is -2.04. The van der Waals surface area contributed by atoms with Crippen molar-refractivity contribution in [3.8, 4) is 18.1 Å². The number of rotatable bonds is 4. The molecule has 0 unspecified atom stereocenters. The molecule has 0 N–H and O–H groups in total. The van der Waals surface area contributed by atoms with Gasteiger partial charge in [-0.3, -0.25) is 4.79 Å². The van der Waals surface area contributed by atoms with Crippen molar-refractivity contribution in [1.29, 1.82) is 0 Å². The standard InChI is InChI=1S/C12H12O3/c1-3-7-15-11-6-4-5-10(8-11)9-12(13)14-2/h1,4-6,8H,7,9H2,2H3. The third kappa shape index (κ3) is 3.74. The molecule has 0 fully saturated rings. The highest BCUT2D eigenvalue weighted by Crippen LogP contribution is 2.13. The van der Waals surface area contributed by atoms with Crippen LogP contribution in [0.25, 0.3) is 0 Å². The first-order valence-electron chi connectivity index (χ1n) is 4.48. The van der Waals surface area contributed by atoms with Crippen LogP contribution in [0.15, 0.2) is 24.3 Å². The summed E-state index contributed by atoms with van der Waals surface area (Å²) in [5.74, 6) is 2.76. The first-order chi connectivity index (χ1) is 7.26. The molecule has 3 nitrogen and oxygen atoms in total. The van der Waals surface area contributed by atoms with Gasteiger partial charge in [-0.2, -0.15) is 0 Å². The number of esters is 1. The number of methoxy groups -OCH3 is 1. The molecule has 15 heavy (non-hydrogen) atoms. The second-order valence-corrected chi connectivity index (χ2v) is 2.89. The van der Waals surface area contributed by atoms with Gasteiger partial charge in [0.05, 0.1) is 13.5 Å². The summed E-state index contributed by atoms with van der Waals surface area (Å²) in [6.07, 6.45) is 5.31. The highest BCUT2D eigenvalue weighted by atomic mass is 16.5. The predicted molar refractivity (Wildman–Crippen MR) is 56.5 cm³/mol. The molecule has 0 radical (unpaired) electrons. The Morgan fingerprint density at radius 1 is 1.53 bits per heavy atom. The summed E-state index contributed by atoms with van der Waals surface area (Å²) in [7, 11) is 1.36. The van der Waals surface area contributed by atoms with Gasteiger partial charge in [-0.15, -0.1) is 6.42 Å². The van der Waals surface area contributed by atoms with Crippen LogP contribution in [0.2, 0.25) is 0 Å². The molecule has 0 aliphatic heterocycles. The van der Waals surface area contributed by atoms with Crippen molar-refractivity contribution >= 4 is 5.97 Å². The first kappa shape index (κ1) is 11.1. The fraction of sp³-hybridized carbons (Fsp3) is 0.250. The topological polar surface area (TPSA) is 35.5 Å². The molecule has 1 aromatic carbocycles. The molecule has 0 spiro atoms. The summed E-state index contributed by atoms with van der Waals surface area (Å²) in [5, 5.41) is 0. The Morgan fingerprint density at radius 2 is 2.33 bits per heavy atom. The second kappa shape index (κ2) is 5.71. The van der Waals surface area contributed by atoms with Gasteiger partial charge in [0.25, 0.3) is 0 Å². The Balaban J connectivity index is 2.66. The summed E-state index contributed by atoms with van der Waals surface area (Å²) in [5.41, 5.74) is 0.844. The van der Waals surface area contributed by atoms with E-state index < -0.39 is 0 Å². The van der Waals surface area contributed by atoms with E-state index in [1.807, 2.05) is 12.1 Å². The molecule has 0 atom stereocenters. The fourth-order valence-electron chi connectivity index (χ4n) is 1.11. The quantitative estimate of drug-likeness (QED) is 0.549. The van der Waals surface area contributed by atoms with Crippen molar-refractivity contribution in [2.45, 2.75) is 6.42 Å². The Bertz CT molecular complexity index is 377. The minimum Gasteiger partial charge on any atom is -0.481 e. The largest absolute Gasteiger partial charge is 0.481 e. The van der Waals surface area contributed by atoms with Crippen LogP contribution in [-0.4, -0.2) is 19.7 Å². The van der Waals surface area contributed by atoms with Crippen LogP contribution < -0.4 is 4.74 Å². The normalized spacial score (nSPS) is 9.07. The van der Waals surface area contributed by atoms with Crippen molar-refractivity contribution in [2.75, 3.05) is 13.7 Å². The number of carbonyl (C=O) groups is 1. The number of hydrogen-bond acceptors (Lipinski definition) is 3. The highest BCUT2D eigenvalue weighted by molar-refractivity contribution is 5.72. The summed E-state index contributed by atoms with van der Waals surface area (Å²) < 4.78 is 9.79. The average molecular weight is 204 g/mol. The molecule has 0 saturated carbocycles. The maximum atomic E-state index is 11.0. The first-order valence-corrected chi connectivity index (χ1v) is 4.48. The number of hydrogen-bond donors (Lipinski definition) is 0. The SMILES string of the molecule is C#CCOc1cccc(CC(=O)OC)c1. The minimum absolute atomic E-state index is 0.224. The van der Waals surface area contributed by atoms with E-state index in [0.29, 0.717) is 5.75 Å². The molecule has 0 saturated heterocycles. The van der Waals surface area contributed by atoms with E-state index in [4.69, 9.17) is 11.2 Å². The van der Waals surface area contributed by atoms with E-state index >= 15 is 0 Å². The Morgan fingerprint density at radius 3 is 3.00 bits per heavy atom. The Labute approximate surface area is 89.0 Å². The van der Waals surface area contributed by atoms with Gasteiger partial charge in [0.2, 0.25) is 0 Å². The van der Waals surface area contributed by atoms with E-state index in [9.17, 15) is 4.79 Å². The van der Waals surface area contributed by atoms with Crippen LogP contribution in [0.4, 0.5) is 0 Å². The third-order valence-electron chi connectivity index (χ3n) is 1.80. The van der Waals surface area contributed by atoms with Crippen LogP contribution in [0.1, 0.15) is 5.56 Å². The number of ether oxygens (including phenoxy) is 2. The maximum Gasteiger partial charge on any atom is 0.309 e. The second-order valence-electron chi connectivity index (χ2n) is 2.89. The van der Waals surface area contributed by atoms with Crippen molar-refractivity contribution < 1.29 is 14.3 Å². The van der Waals surface area contributed by atoms with Crippen LogP contribution in [0.3, 0.4) is 0 Å². The number of terminal acetylenes is 1. The number of benzene rings is 1. The van der Waals surface area contributed by atoms with Gasteiger partial charge >= 0.3 is 5.97 Å². The smallest absolute Gasteiger partial charge is 0.309 e. The average Bonchev–Trinajstić information content (AvgIpc) is 2.26. The van der Waals surface area contributed by atoms with Gasteiger partial charge in [-0.05, 0) is 17.7 Å².